The molecule has 0 aliphatic heterocycles. The third kappa shape index (κ3) is 2.85. The fourth-order valence-electron chi connectivity index (χ4n) is 1.45. The molecule has 2 rings (SSSR count). The number of pyridine rings is 2. The van der Waals surface area contributed by atoms with Gasteiger partial charge in [0.1, 0.15) is 5.82 Å². The van der Waals surface area contributed by atoms with Gasteiger partial charge in [0.2, 0.25) is 0 Å². The van der Waals surface area contributed by atoms with Gasteiger partial charge in [0.25, 0.3) is 0 Å². The fraction of sp³-hybridized carbons (Fsp3) is 0.167. The van der Waals surface area contributed by atoms with E-state index in [2.05, 4.69) is 15.3 Å². The highest BCUT2D eigenvalue weighted by Gasteiger charge is 2.03. The van der Waals surface area contributed by atoms with Gasteiger partial charge in [0.05, 0.1) is 29.1 Å². The Bertz CT molecular complexity index is 528. The van der Waals surface area contributed by atoms with Gasteiger partial charge < -0.3 is 11.1 Å². The summed E-state index contributed by atoms with van der Waals surface area (Å²) >= 11 is 6.01. The third-order valence-corrected chi connectivity index (χ3v) is 2.69. The van der Waals surface area contributed by atoms with E-state index < -0.39 is 0 Å². The molecule has 17 heavy (non-hydrogen) atoms. The highest BCUT2D eigenvalue weighted by Crippen LogP contribution is 2.21. The highest BCUT2D eigenvalue weighted by molar-refractivity contribution is 6.33. The molecule has 5 heteroatoms. The molecule has 0 radical (unpaired) electrons. The molecule has 2 heterocycles. The number of nitrogens with one attached hydrogen (secondary N) is 1. The lowest BCUT2D eigenvalue weighted by atomic mass is 10.2. The van der Waals surface area contributed by atoms with Gasteiger partial charge in [-0.3, -0.25) is 4.98 Å². The van der Waals surface area contributed by atoms with E-state index in [1.165, 1.54) is 0 Å². The molecule has 0 aromatic carbocycles. The van der Waals surface area contributed by atoms with E-state index in [0.29, 0.717) is 23.1 Å². The minimum Gasteiger partial charge on any atom is -0.397 e. The molecule has 0 spiro atoms. The number of aryl methyl sites for hydroxylation is 1. The van der Waals surface area contributed by atoms with E-state index in [-0.39, 0.29) is 0 Å². The zero-order valence-electron chi connectivity index (χ0n) is 9.44. The van der Waals surface area contributed by atoms with Gasteiger partial charge >= 0.3 is 0 Å². The number of aromatic nitrogens is 2. The molecule has 0 unspecified atom stereocenters. The summed E-state index contributed by atoms with van der Waals surface area (Å²) in [5, 5.41) is 3.65. The zero-order chi connectivity index (χ0) is 12.3. The number of nitrogens with two attached hydrogens (primary N) is 1. The molecule has 0 saturated carbocycles. The Labute approximate surface area is 105 Å². The second kappa shape index (κ2) is 5.01. The van der Waals surface area contributed by atoms with Gasteiger partial charge in [-0.05, 0) is 24.6 Å². The van der Waals surface area contributed by atoms with Gasteiger partial charge in [-0.15, -0.1) is 0 Å². The maximum Gasteiger partial charge on any atom is 0.145 e. The summed E-state index contributed by atoms with van der Waals surface area (Å²) < 4.78 is 0. The number of nitrogen functional groups attached to an aromatic ring is 1. The van der Waals surface area contributed by atoms with Gasteiger partial charge in [-0.2, -0.15) is 0 Å². The number of nitrogens with zero attached hydrogens (tertiary/aromatic N) is 2. The van der Waals surface area contributed by atoms with Gasteiger partial charge in [-0.1, -0.05) is 17.7 Å². The van der Waals surface area contributed by atoms with Crippen LogP contribution in [-0.2, 0) is 6.54 Å². The first kappa shape index (κ1) is 11.7. The number of halogens is 1. The van der Waals surface area contributed by atoms with Crippen molar-refractivity contribution in [3.05, 3.63) is 46.9 Å². The minimum atomic E-state index is 0.513. The van der Waals surface area contributed by atoms with Crippen LogP contribution >= 0.6 is 11.6 Å². The molecule has 0 fully saturated rings. The summed E-state index contributed by atoms with van der Waals surface area (Å²) in [7, 11) is 0. The molecule has 0 amide bonds. The normalized spacial score (nSPS) is 10.2. The molecule has 2 aromatic heterocycles. The smallest absolute Gasteiger partial charge is 0.145 e. The van der Waals surface area contributed by atoms with Gasteiger partial charge in [0.15, 0.2) is 0 Å². The quantitative estimate of drug-likeness (QED) is 0.877. The number of hydrogen-bond acceptors (Lipinski definition) is 4. The van der Waals surface area contributed by atoms with Crippen molar-refractivity contribution in [1.29, 1.82) is 0 Å². The van der Waals surface area contributed by atoms with E-state index in [1.54, 1.807) is 18.5 Å². The van der Waals surface area contributed by atoms with Crippen molar-refractivity contribution in [3.63, 3.8) is 0 Å². The van der Waals surface area contributed by atoms with Crippen molar-refractivity contribution in [1.82, 2.24) is 9.97 Å². The number of rotatable bonds is 3. The molecule has 2 aromatic rings. The average Bonchev–Trinajstić information content (AvgIpc) is 2.30. The lowest BCUT2D eigenvalue weighted by Gasteiger charge is -2.08. The fourth-order valence-corrected chi connectivity index (χ4v) is 1.70. The average molecular weight is 249 g/mol. The molecular weight excluding hydrogens is 236 g/mol. The summed E-state index contributed by atoms with van der Waals surface area (Å²) in [4.78, 5) is 8.41. The zero-order valence-corrected chi connectivity index (χ0v) is 10.2. The first-order valence-electron chi connectivity index (χ1n) is 5.22. The lowest BCUT2D eigenvalue weighted by Crippen LogP contribution is -2.05. The van der Waals surface area contributed by atoms with Crippen molar-refractivity contribution >= 4 is 23.1 Å². The highest BCUT2D eigenvalue weighted by atomic mass is 35.5. The second-order valence-corrected chi connectivity index (χ2v) is 4.13. The van der Waals surface area contributed by atoms with Crippen LogP contribution in [0.2, 0.25) is 5.02 Å². The Hall–Kier alpha value is -1.81. The summed E-state index contributed by atoms with van der Waals surface area (Å²) in [6.07, 6.45) is 3.33. The molecule has 0 saturated heterocycles. The maximum absolute atomic E-state index is 6.01. The molecule has 4 nitrogen and oxygen atoms in total. The van der Waals surface area contributed by atoms with Crippen molar-refractivity contribution < 1.29 is 0 Å². The first-order chi connectivity index (χ1) is 8.16. The van der Waals surface area contributed by atoms with Gasteiger partial charge in [-0.25, -0.2) is 4.98 Å². The van der Waals surface area contributed by atoms with E-state index in [0.717, 1.165) is 11.3 Å². The van der Waals surface area contributed by atoms with Crippen LogP contribution in [-0.4, -0.2) is 9.97 Å². The van der Waals surface area contributed by atoms with Gasteiger partial charge in [0, 0.05) is 6.20 Å². The second-order valence-electron chi connectivity index (χ2n) is 3.72. The lowest BCUT2D eigenvalue weighted by molar-refractivity contribution is 1.01. The van der Waals surface area contributed by atoms with Crippen LogP contribution in [0, 0.1) is 6.92 Å². The van der Waals surface area contributed by atoms with Crippen LogP contribution < -0.4 is 11.1 Å². The Kier molecular flexibility index (Phi) is 3.44. The molecular formula is C12H13ClN4. The van der Waals surface area contributed by atoms with E-state index in [9.17, 15) is 0 Å². The monoisotopic (exact) mass is 248 g/mol. The SMILES string of the molecule is Cc1cccnc1CNc1ncc(N)cc1Cl. The first-order valence-corrected chi connectivity index (χ1v) is 5.60. The molecule has 0 atom stereocenters. The number of anilines is 2. The largest absolute Gasteiger partial charge is 0.397 e. The third-order valence-electron chi connectivity index (χ3n) is 2.40. The van der Waals surface area contributed by atoms with Crippen molar-refractivity contribution in [2.45, 2.75) is 13.5 Å². The van der Waals surface area contributed by atoms with Crippen LogP contribution in [0.3, 0.4) is 0 Å². The van der Waals surface area contributed by atoms with Crippen LogP contribution in [0.4, 0.5) is 11.5 Å². The Morgan fingerprint density at radius 3 is 2.94 bits per heavy atom. The van der Waals surface area contributed by atoms with E-state index in [1.807, 2.05) is 19.1 Å². The molecule has 3 N–H and O–H groups in total. The molecule has 0 aliphatic rings. The predicted octanol–water partition coefficient (Wildman–Crippen LogP) is 2.63. The maximum atomic E-state index is 6.01. The van der Waals surface area contributed by atoms with Crippen LogP contribution in [0.1, 0.15) is 11.3 Å². The molecule has 0 bridgehead atoms. The van der Waals surface area contributed by atoms with Crippen molar-refractivity contribution in [3.8, 4) is 0 Å². The molecule has 88 valence electrons. The van der Waals surface area contributed by atoms with E-state index >= 15 is 0 Å². The summed E-state index contributed by atoms with van der Waals surface area (Å²) in [5.41, 5.74) is 8.23. The van der Waals surface area contributed by atoms with Crippen LogP contribution in [0.25, 0.3) is 0 Å². The summed E-state index contributed by atoms with van der Waals surface area (Å²) in [6.45, 7) is 2.60. The standard InChI is InChI=1S/C12H13ClN4/c1-8-3-2-4-15-11(8)7-17-12-10(13)5-9(14)6-16-12/h2-6H,7,14H2,1H3,(H,16,17). The molecule has 0 aliphatic carbocycles. The summed E-state index contributed by atoms with van der Waals surface area (Å²) in [6, 6.07) is 5.59. The van der Waals surface area contributed by atoms with Crippen LogP contribution in [0.5, 0.6) is 0 Å². The van der Waals surface area contributed by atoms with Crippen molar-refractivity contribution in [2.75, 3.05) is 11.1 Å². The number of hydrogen-bond donors (Lipinski definition) is 2. The topological polar surface area (TPSA) is 63.8 Å². The Morgan fingerprint density at radius 2 is 2.24 bits per heavy atom. The van der Waals surface area contributed by atoms with E-state index in [4.69, 9.17) is 17.3 Å². The minimum absolute atomic E-state index is 0.513. The van der Waals surface area contributed by atoms with Crippen LogP contribution in [0.15, 0.2) is 30.6 Å². The predicted molar refractivity (Wildman–Crippen MR) is 70.0 cm³/mol. The Balaban J connectivity index is 2.10. The summed E-state index contributed by atoms with van der Waals surface area (Å²) in [5.74, 6) is 0.617. The Morgan fingerprint density at radius 1 is 1.41 bits per heavy atom. The van der Waals surface area contributed by atoms with Crippen molar-refractivity contribution in [2.24, 2.45) is 0 Å².